The third kappa shape index (κ3) is 8.56. The van der Waals surface area contributed by atoms with E-state index < -0.39 is 35.1 Å². The fourth-order valence-electron chi connectivity index (χ4n) is 8.77. The SMILES string of the molecule is COc1ccccc1C(O)C1(C(=O)N[C@H](c2nc(-c3ccc(-c4ccc(-c5c[nH]c([C@@H](NC(=O)C6(C(O)c7ccccc7OC)CC6)C(C)(C)C)n5)cc4)cc3)c[nH]2)C(C)(C)C)CC1. The molecular weight excluding hydrogens is 805 g/mol. The van der Waals surface area contributed by atoms with Gasteiger partial charge in [0.05, 0.1) is 60.7 Å². The van der Waals surface area contributed by atoms with Crippen LogP contribution >= 0.6 is 0 Å². The van der Waals surface area contributed by atoms with Gasteiger partial charge < -0.3 is 40.3 Å². The summed E-state index contributed by atoms with van der Waals surface area (Å²) in [5.74, 6) is 2.01. The number of benzene rings is 4. The molecule has 2 aliphatic carbocycles. The standard InChI is InChI=1S/C52H60N6O6/c1-49(2,3)41(57-47(61)51(25-26-51)43(59)35-13-9-11-15-39(35)63-7)45-53-29-37(55-45)33-21-17-31(18-22-33)32-19-23-34(24-20-32)38-30-54-46(56-38)42(50(4,5)6)58-48(62)52(27-28-52)44(60)36-14-10-12-16-40(36)64-8/h9-24,29-30,41-44,59-60H,25-28H2,1-8H3,(H,53,55)(H,54,56)(H,57,61)(H,58,62)/t41-,42-,43?,44?/m1/s1. The Hall–Kier alpha value is -6.24. The second kappa shape index (κ2) is 17.0. The number of methoxy groups -OCH3 is 2. The third-order valence-electron chi connectivity index (χ3n) is 13.1. The van der Waals surface area contributed by atoms with Crippen molar-refractivity contribution in [3.05, 3.63) is 132 Å². The van der Waals surface area contributed by atoms with Crippen molar-refractivity contribution in [2.24, 2.45) is 21.7 Å². The monoisotopic (exact) mass is 864 g/mol. The Balaban J connectivity index is 0.934. The number of nitrogens with one attached hydrogen (secondary N) is 4. The summed E-state index contributed by atoms with van der Waals surface area (Å²) in [5, 5.41) is 29.4. The number of hydrogen-bond donors (Lipinski definition) is 6. The summed E-state index contributed by atoms with van der Waals surface area (Å²) in [7, 11) is 3.13. The molecule has 6 N–H and O–H groups in total. The topological polar surface area (TPSA) is 174 Å². The minimum Gasteiger partial charge on any atom is -0.496 e. The predicted octanol–water partition coefficient (Wildman–Crippen LogP) is 9.59. The zero-order chi connectivity index (χ0) is 45.6. The van der Waals surface area contributed by atoms with E-state index in [1.165, 1.54) is 0 Å². The van der Waals surface area contributed by atoms with Crippen molar-refractivity contribution in [3.8, 4) is 45.1 Å². The molecule has 64 heavy (non-hydrogen) atoms. The van der Waals surface area contributed by atoms with E-state index in [-0.39, 0.29) is 22.6 Å². The Kier molecular flexibility index (Phi) is 11.8. The molecule has 0 aliphatic heterocycles. The molecule has 2 heterocycles. The molecule has 334 valence electrons. The summed E-state index contributed by atoms with van der Waals surface area (Å²) in [6.07, 6.45) is 4.06. The highest BCUT2D eigenvalue weighted by atomic mass is 16.5. The Morgan fingerprint density at radius 3 is 1.20 bits per heavy atom. The maximum Gasteiger partial charge on any atom is 0.229 e. The lowest BCUT2D eigenvalue weighted by atomic mass is 9.84. The number of imidazole rings is 2. The lowest BCUT2D eigenvalue weighted by molar-refractivity contribution is -0.133. The molecule has 12 heteroatoms. The molecule has 2 amide bonds. The van der Waals surface area contributed by atoms with Crippen LogP contribution in [0.2, 0.25) is 0 Å². The van der Waals surface area contributed by atoms with Crippen LogP contribution in [0.1, 0.15) is 114 Å². The first-order chi connectivity index (χ1) is 30.5. The van der Waals surface area contributed by atoms with Crippen LogP contribution in [0.3, 0.4) is 0 Å². The average molecular weight is 865 g/mol. The highest BCUT2D eigenvalue weighted by molar-refractivity contribution is 5.87. The number of H-pyrrole nitrogens is 2. The van der Waals surface area contributed by atoms with Crippen LogP contribution in [0.5, 0.6) is 11.5 Å². The number of amides is 2. The van der Waals surface area contributed by atoms with Crippen LogP contribution in [0.4, 0.5) is 0 Å². The van der Waals surface area contributed by atoms with E-state index >= 15 is 0 Å². The van der Waals surface area contributed by atoms with Crippen LogP contribution in [0, 0.1) is 21.7 Å². The van der Waals surface area contributed by atoms with Gasteiger partial charge in [-0.05, 0) is 59.8 Å². The van der Waals surface area contributed by atoms with Gasteiger partial charge in [0.1, 0.15) is 23.1 Å². The summed E-state index contributed by atoms with van der Waals surface area (Å²) < 4.78 is 11.0. The summed E-state index contributed by atoms with van der Waals surface area (Å²) in [4.78, 5) is 44.5. The largest absolute Gasteiger partial charge is 0.496 e. The Morgan fingerprint density at radius 1 is 0.562 bits per heavy atom. The van der Waals surface area contributed by atoms with Gasteiger partial charge in [0.15, 0.2) is 0 Å². The van der Waals surface area contributed by atoms with E-state index in [4.69, 9.17) is 19.4 Å². The zero-order valence-electron chi connectivity index (χ0n) is 38.0. The lowest BCUT2D eigenvalue weighted by Crippen LogP contribution is -2.43. The van der Waals surface area contributed by atoms with Crippen LogP contribution < -0.4 is 20.1 Å². The number of aliphatic hydroxyl groups is 2. The average Bonchev–Trinajstić information content (AvgIpc) is 4.18. The molecule has 0 bridgehead atoms. The Morgan fingerprint density at radius 2 is 0.891 bits per heavy atom. The van der Waals surface area contributed by atoms with Crippen molar-refractivity contribution >= 4 is 11.8 Å². The summed E-state index contributed by atoms with van der Waals surface area (Å²) >= 11 is 0. The maximum atomic E-state index is 13.9. The molecule has 2 aliphatic rings. The smallest absolute Gasteiger partial charge is 0.229 e. The number of carbonyl (C=O) groups excluding carboxylic acids is 2. The number of hydrogen-bond acceptors (Lipinski definition) is 8. The summed E-state index contributed by atoms with van der Waals surface area (Å²) in [5.41, 5.74) is 4.05. The van der Waals surface area contributed by atoms with E-state index in [2.05, 4.69) is 86.4 Å². The quantitative estimate of drug-likeness (QED) is 0.0592. The Bertz CT molecular complexity index is 2430. The molecule has 12 nitrogen and oxygen atoms in total. The van der Waals surface area contributed by atoms with Crippen molar-refractivity contribution < 1.29 is 29.3 Å². The number of ether oxygens (including phenoxy) is 2. The lowest BCUT2D eigenvalue weighted by Gasteiger charge is -2.32. The first-order valence-corrected chi connectivity index (χ1v) is 22.0. The van der Waals surface area contributed by atoms with E-state index in [0.29, 0.717) is 60.0 Å². The molecule has 2 unspecified atom stereocenters. The number of aliphatic hydroxyl groups excluding tert-OH is 2. The van der Waals surface area contributed by atoms with Gasteiger partial charge in [-0.1, -0.05) is 126 Å². The summed E-state index contributed by atoms with van der Waals surface area (Å²) in [6, 6.07) is 30.2. The molecule has 2 fully saturated rings. The van der Waals surface area contributed by atoms with Gasteiger partial charge in [-0.15, -0.1) is 0 Å². The number of rotatable bonds is 15. The van der Waals surface area contributed by atoms with Crippen molar-refractivity contribution in [2.45, 2.75) is 91.5 Å². The van der Waals surface area contributed by atoms with Crippen molar-refractivity contribution in [2.75, 3.05) is 14.2 Å². The van der Waals surface area contributed by atoms with Gasteiger partial charge in [-0.25, -0.2) is 9.97 Å². The van der Waals surface area contributed by atoms with E-state index in [1.54, 1.807) is 26.4 Å². The number of carbonyl (C=O) groups is 2. The van der Waals surface area contributed by atoms with E-state index in [1.807, 2.05) is 73.1 Å². The zero-order valence-corrected chi connectivity index (χ0v) is 38.0. The second-order valence-corrected chi connectivity index (χ2v) is 19.6. The van der Waals surface area contributed by atoms with Gasteiger partial charge >= 0.3 is 0 Å². The molecule has 6 aromatic rings. The minimum absolute atomic E-state index is 0.200. The highest BCUT2D eigenvalue weighted by Gasteiger charge is 2.58. The van der Waals surface area contributed by atoms with Gasteiger partial charge in [0, 0.05) is 34.6 Å². The van der Waals surface area contributed by atoms with Crippen LogP contribution in [0.15, 0.2) is 109 Å². The van der Waals surface area contributed by atoms with Crippen molar-refractivity contribution in [3.63, 3.8) is 0 Å². The van der Waals surface area contributed by atoms with Gasteiger partial charge in [-0.2, -0.15) is 0 Å². The molecule has 4 atom stereocenters. The number of nitrogens with zero attached hydrogens (tertiary/aromatic N) is 2. The van der Waals surface area contributed by atoms with Gasteiger partial charge in [0.2, 0.25) is 11.8 Å². The Labute approximate surface area is 375 Å². The van der Waals surface area contributed by atoms with E-state index in [9.17, 15) is 19.8 Å². The van der Waals surface area contributed by atoms with E-state index in [0.717, 1.165) is 33.6 Å². The first kappa shape index (κ1) is 44.4. The molecule has 4 aromatic carbocycles. The van der Waals surface area contributed by atoms with Crippen molar-refractivity contribution in [1.29, 1.82) is 0 Å². The molecule has 0 saturated heterocycles. The summed E-state index contributed by atoms with van der Waals surface area (Å²) in [6.45, 7) is 12.4. The maximum absolute atomic E-state index is 13.9. The van der Waals surface area contributed by atoms with Crippen LogP contribution in [-0.4, -0.2) is 56.2 Å². The van der Waals surface area contributed by atoms with Gasteiger partial charge in [0.25, 0.3) is 0 Å². The fraction of sp³-hybridized carbons (Fsp3) is 0.385. The molecular formula is C52H60N6O6. The fourth-order valence-corrected chi connectivity index (χ4v) is 8.77. The van der Waals surface area contributed by atoms with Crippen LogP contribution in [-0.2, 0) is 9.59 Å². The normalized spacial score (nSPS) is 17.1. The number of para-hydroxylation sites is 2. The number of aromatic amines is 2. The molecule has 2 saturated carbocycles. The second-order valence-electron chi connectivity index (χ2n) is 19.6. The molecule has 8 rings (SSSR count). The van der Waals surface area contributed by atoms with Crippen LogP contribution in [0.25, 0.3) is 33.6 Å². The highest BCUT2D eigenvalue weighted by Crippen LogP contribution is 2.58. The molecule has 0 radical (unpaired) electrons. The molecule has 0 spiro atoms. The van der Waals surface area contributed by atoms with Gasteiger partial charge in [-0.3, -0.25) is 9.59 Å². The molecule has 2 aromatic heterocycles. The van der Waals surface area contributed by atoms with Crippen molar-refractivity contribution in [1.82, 2.24) is 30.6 Å². The third-order valence-corrected chi connectivity index (χ3v) is 13.1. The minimum atomic E-state index is -0.995. The predicted molar refractivity (Wildman–Crippen MR) is 247 cm³/mol. The first-order valence-electron chi connectivity index (χ1n) is 22.0. The number of aromatic nitrogens is 4.